The van der Waals surface area contributed by atoms with Crippen LogP contribution in [0.2, 0.25) is 0 Å². The molecule has 1 heterocycles. The Morgan fingerprint density at radius 1 is 1.38 bits per heavy atom. The monoisotopic (exact) mass is 292 g/mol. The van der Waals surface area contributed by atoms with Gasteiger partial charge in [-0.15, -0.1) is 0 Å². The predicted octanol–water partition coefficient (Wildman–Crippen LogP) is 2.32. The van der Waals surface area contributed by atoms with Gasteiger partial charge in [0.05, 0.1) is 7.11 Å². The van der Waals surface area contributed by atoms with Gasteiger partial charge in [0.1, 0.15) is 12.2 Å². The number of benzene rings is 1. The van der Waals surface area contributed by atoms with Gasteiger partial charge in [0.2, 0.25) is 0 Å². The molecular formula is C15H21FN4O. The molecule has 2 N–H and O–H groups in total. The van der Waals surface area contributed by atoms with Crippen molar-refractivity contribution < 1.29 is 9.13 Å². The van der Waals surface area contributed by atoms with Crippen molar-refractivity contribution in [3.63, 3.8) is 0 Å². The third-order valence-electron chi connectivity index (χ3n) is 3.24. The van der Waals surface area contributed by atoms with Crippen molar-refractivity contribution in [1.82, 2.24) is 14.8 Å². The van der Waals surface area contributed by atoms with E-state index in [0.717, 1.165) is 12.4 Å². The van der Waals surface area contributed by atoms with Crippen LogP contribution in [0.4, 0.5) is 4.39 Å². The minimum Gasteiger partial charge on any atom is -0.494 e. The Labute approximate surface area is 123 Å². The molecular weight excluding hydrogens is 271 g/mol. The predicted molar refractivity (Wildman–Crippen MR) is 78.4 cm³/mol. The van der Waals surface area contributed by atoms with E-state index >= 15 is 0 Å². The van der Waals surface area contributed by atoms with E-state index in [2.05, 4.69) is 23.9 Å². The van der Waals surface area contributed by atoms with Crippen molar-refractivity contribution in [3.8, 4) is 5.75 Å². The minimum absolute atomic E-state index is 0.217. The molecule has 1 unspecified atom stereocenters. The smallest absolute Gasteiger partial charge is 0.165 e. The lowest BCUT2D eigenvalue weighted by Crippen LogP contribution is -2.18. The molecule has 2 rings (SSSR count). The second-order valence-electron chi connectivity index (χ2n) is 5.46. The maximum atomic E-state index is 13.7. The highest BCUT2D eigenvalue weighted by Crippen LogP contribution is 2.22. The number of nitrogens with two attached hydrogens (primary N) is 1. The van der Waals surface area contributed by atoms with Gasteiger partial charge in [-0.25, -0.2) is 14.1 Å². The van der Waals surface area contributed by atoms with Crippen LogP contribution in [0.3, 0.4) is 0 Å². The molecule has 5 nitrogen and oxygen atoms in total. The first-order valence-electron chi connectivity index (χ1n) is 6.97. The number of aromatic nitrogens is 3. The number of nitrogens with zero attached hydrogens (tertiary/aromatic N) is 3. The van der Waals surface area contributed by atoms with Gasteiger partial charge in [-0.2, -0.15) is 5.10 Å². The molecule has 1 aromatic heterocycles. The summed E-state index contributed by atoms with van der Waals surface area (Å²) < 4.78 is 20.5. The van der Waals surface area contributed by atoms with E-state index in [4.69, 9.17) is 10.5 Å². The van der Waals surface area contributed by atoms with Crippen molar-refractivity contribution in [2.24, 2.45) is 11.7 Å². The van der Waals surface area contributed by atoms with Crippen LogP contribution in [0.1, 0.15) is 31.3 Å². The Morgan fingerprint density at radius 2 is 2.14 bits per heavy atom. The van der Waals surface area contributed by atoms with Gasteiger partial charge in [-0.05, 0) is 23.6 Å². The first kappa shape index (κ1) is 15.4. The molecule has 6 heteroatoms. The lowest BCUT2D eigenvalue weighted by atomic mass is 10.0. The Bertz CT molecular complexity index is 597. The number of rotatable bonds is 6. The summed E-state index contributed by atoms with van der Waals surface area (Å²) in [6, 6.07) is 4.44. The Kier molecular flexibility index (Phi) is 4.90. The van der Waals surface area contributed by atoms with Crippen LogP contribution < -0.4 is 10.5 Å². The van der Waals surface area contributed by atoms with Gasteiger partial charge in [0.15, 0.2) is 11.6 Å². The number of hydrogen-bond donors (Lipinski definition) is 1. The lowest BCUT2D eigenvalue weighted by molar-refractivity contribution is 0.385. The van der Waals surface area contributed by atoms with Crippen molar-refractivity contribution in [2.45, 2.75) is 32.9 Å². The maximum absolute atomic E-state index is 13.7. The first-order valence-corrected chi connectivity index (χ1v) is 6.97. The summed E-state index contributed by atoms with van der Waals surface area (Å²) in [5.74, 6) is 1.09. The van der Waals surface area contributed by atoms with Crippen LogP contribution in [-0.4, -0.2) is 21.9 Å². The van der Waals surface area contributed by atoms with Crippen LogP contribution >= 0.6 is 0 Å². The Hall–Kier alpha value is -1.95. The number of halogens is 1. The summed E-state index contributed by atoms with van der Waals surface area (Å²) in [7, 11) is 1.44. The molecule has 21 heavy (non-hydrogen) atoms. The van der Waals surface area contributed by atoms with E-state index in [0.29, 0.717) is 17.9 Å². The maximum Gasteiger partial charge on any atom is 0.165 e. The topological polar surface area (TPSA) is 66.0 Å². The quantitative estimate of drug-likeness (QED) is 0.887. The summed E-state index contributed by atoms with van der Waals surface area (Å²) in [4.78, 5) is 4.24. The third kappa shape index (κ3) is 3.78. The van der Waals surface area contributed by atoms with Gasteiger partial charge < -0.3 is 10.5 Å². The largest absolute Gasteiger partial charge is 0.494 e. The fourth-order valence-corrected chi connectivity index (χ4v) is 2.17. The van der Waals surface area contributed by atoms with Gasteiger partial charge in [0, 0.05) is 19.0 Å². The molecule has 0 fully saturated rings. The highest BCUT2D eigenvalue weighted by molar-refractivity contribution is 5.31. The molecule has 0 aliphatic rings. The van der Waals surface area contributed by atoms with Crippen molar-refractivity contribution in [3.05, 3.63) is 41.7 Å². The summed E-state index contributed by atoms with van der Waals surface area (Å²) >= 11 is 0. The van der Waals surface area contributed by atoms with Crippen LogP contribution in [0.25, 0.3) is 0 Å². The lowest BCUT2D eigenvalue weighted by Gasteiger charge is -2.14. The van der Waals surface area contributed by atoms with E-state index in [-0.39, 0.29) is 11.8 Å². The molecule has 0 spiro atoms. The molecule has 0 aliphatic heterocycles. The van der Waals surface area contributed by atoms with Crippen molar-refractivity contribution >= 4 is 0 Å². The van der Waals surface area contributed by atoms with Gasteiger partial charge >= 0.3 is 0 Å². The molecule has 0 radical (unpaired) electrons. The van der Waals surface area contributed by atoms with Gasteiger partial charge in [-0.3, -0.25) is 0 Å². The second-order valence-corrected chi connectivity index (χ2v) is 5.46. The van der Waals surface area contributed by atoms with Crippen molar-refractivity contribution in [2.75, 3.05) is 7.11 Å². The highest BCUT2D eigenvalue weighted by Gasteiger charge is 2.14. The molecule has 114 valence electrons. The molecule has 1 aromatic carbocycles. The zero-order chi connectivity index (χ0) is 15.4. The van der Waals surface area contributed by atoms with E-state index in [1.54, 1.807) is 12.1 Å². The summed E-state index contributed by atoms with van der Waals surface area (Å²) in [6.45, 7) is 5.02. The SMILES string of the molecule is COc1ccc(C(N)Cc2ncnn2CC(C)C)cc1F. The molecule has 2 aromatic rings. The van der Waals surface area contributed by atoms with E-state index in [1.165, 1.54) is 19.5 Å². The minimum atomic E-state index is -0.408. The average Bonchev–Trinajstić information content (AvgIpc) is 2.85. The number of hydrogen-bond acceptors (Lipinski definition) is 4. The molecule has 0 bridgehead atoms. The summed E-state index contributed by atoms with van der Waals surface area (Å²) in [5.41, 5.74) is 6.87. The molecule has 0 saturated carbocycles. The number of methoxy groups -OCH3 is 1. The first-order chi connectivity index (χ1) is 10.0. The standard InChI is InChI=1S/C15H21FN4O/c1-10(2)8-20-15(18-9-19-20)7-13(17)11-4-5-14(21-3)12(16)6-11/h4-6,9-10,13H,7-8,17H2,1-3H3. The highest BCUT2D eigenvalue weighted by atomic mass is 19.1. The Morgan fingerprint density at radius 3 is 2.76 bits per heavy atom. The summed E-state index contributed by atoms with van der Waals surface area (Å²) in [6.07, 6.45) is 2.04. The summed E-state index contributed by atoms with van der Waals surface area (Å²) in [5, 5.41) is 4.20. The normalized spacial score (nSPS) is 12.7. The van der Waals surface area contributed by atoms with Crippen LogP contribution in [0.15, 0.2) is 24.5 Å². The average molecular weight is 292 g/mol. The van der Waals surface area contributed by atoms with Crippen LogP contribution in [-0.2, 0) is 13.0 Å². The number of ether oxygens (including phenoxy) is 1. The fourth-order valence-electron chi connectivity index (χ4n) is 2.17. The van der Waals surface area contributed by atoms with Crippen LogP contribution in [0.5, 0.6) is 5.75 Å². The van der Waals surface area contributed by atoms with Gasteiger partial charge in [-0.1, -0.05) is 19.9 Å². The molecule has 0 amide bonds. The zero-order valence-corrected chi connectivity index (χ0v) is 12.6. The molecule has 0 aliphatic carbocycles. The van der Waals surface area contributed by atoms with E-state index < -0.39 is 5.82 Å². The second kappa shape index (κ2) is 6.67. The Balaban J connectivity index is 2.12. The fraction of sp³-hybridized carbons (Fsp3) is 0.467. The zero-order valence-electron chi connectivity index (χ0n) is 12.6. The van der Waals surface area contributed by atoms with Crippen LogP contribution in [0, 0.1) is 11.7 Å². The third-order valence-corrected chi connectivity index (χ3v) is 3.24. The molecule has 0 saturated heterocycles. The van der Waals surface area contributed by atoms with Crippen molar-refractivity contribution in [1.29, 1.82) is 0 Å². The van der Waals surface area contributed by atoms with E-state index in [1.807, 2.05) is 4.68 Å². The molecule has 1 atom stereocenters. The van der Waals surface area contributed by atoms with Gasteiger partial charge in [0.25, 0.3) is 0 Å². The van der Waals surface area contributed by atoms with E-state index in [9.17, 15) is 4.39 Å².